The van der Waals surface area contributed by atoms with Crippen molar-refractivity contribution in [1.82, 2.24) is 5.32 Å². The van der Waals surface area contributed by atoms with Gasteiger partial charge in [-0.15, -0.1) is 0 Å². The molecule has 184 valence electrons. The summed E-state index contributed by atoms with van der Waals surface area (Å²) in [7, 11) is 3.16. The van der Waals surface area contributed by atoms with E-state index in [2.05, 4.69) is 21.2 Å². The molecular formula is C27H27BrFNO5. The first kappa shape index (κ1) is 25.0. The van der Waals surface area contributed by atoms with Gasteiger partial charge in [0, 0.05) is 29.3 Å². The van der Waals surface area contributed by atoms with Crippen molar-refractivity contribution >= 4 is 27.7 Å². The van der Waals surface area contributed by atoms with Crippen LogP contribution in [0.1, 0.15) is 49.7 Å². The van der Waals surface area contributed by atoms with E-state index in [1.165, 1.54) is 6.07 Å². The molecule has 1 aliphatic carbocycles. The number of halogens is 2. The second-order valence-corrected chi connectivity index (χ2v) is 9.38. The molecule has 0 saturated heterocycles. The van der Waals surface area contributed by atoms with E-state index in [1.807, 2.05) is 18.2 Å². The smallest absolute Gasteiger partial charge is 0.336 e. The van der Waals surface area contributed by atoms with E-state index in [0.29, 0.717) is 40.3 Å². The highest BCUT2D eigenvalue weighted by atomic mass is 79.9. The van der Waals surface area contributed by atoms with Gasteiger partial charge >= 0.3 is 5.97 Å². The maximum Gasteiger partial charge on any atom is 0.336 e. The number of methoxy groups -OCH3 is 2. The van der Waals surface area contributed by atoms with Gasteiger partial charge in [0.05, 0.1) is 30.9 Å². The molecule has 0 fully saturated rings. The van der Waals surface area contributed by atoms with Crippen molar-refractivity contribution in [3.8, 4) is 11.5 Å². The van der Waals surface area contributed by atoms with Crippen LogP contribution in [0, 0.1) is 5.82 Å². The summed E-state index contributed by atoms with van der Waals surface area (Å²) in [5.74, 6) is -0.494. The molecule has 1 heterocycles. The third kappa shape index (κ3) is 4.72. The third-order valence-corrected chi connectivity index (χ3v) is 7.09. The predicted octanol–water partition coefficient (Wildman–Crippen LogP) is 5.53. The molecule has 0 spiro atoms. The molecule has 2 atom stereocenters. The Balaban J connectivity index is 1.79. The average Bonchev–Trinajstić information content (AvgIpc) is 2.84. The lowest BCUT2D eigenvalue weighted by Gasteiger charge is -2.36. The van der Waals surface area contributed by atoms with Gasteiger partial charge in [-0.05, 0) is 77.5 Å². The standard InChI is InChI=1S/C27H27BrFNO5/c1-5-35-27(32)24-14(2)30-20-11-17(15-7-9-22(33-3)23(13-15)34-4)12-21(31)26(20)25(24)16-6-8-19(29)18(28)10-16/h6-10,13,17,25,30H,5,11-12H2,1-4H3/t17-,25-/m0/s1. The Labute approximate surface area is 212 Å². The molecule has 0 aromatic heterocycles. The first-order chi connectivity index (χ1) is 16.8. The van der Waals surface area contributed by atoms with E-state index < -0.39 is 17.7 Å². The number of allylic oxidation sites excluding steroid dienone is 3. The van der Waals surface area contributed by atoms with Crippen molar-refractivity contribution in [1.29, 1.82) is 0 Å². The highest BCUT2D eigenvalue weighted by molar-refractivity contribution is 9.10. The number of rotatable bonds is 6. The number of ether oxygens (including phenoxy) is 3. The van der Waals surface area contributed by atoms with E-state index >= 15 is 0 Å². The predicted molar refractivity (Wildman–Crippen MR) is 133 cm³/mol. The van der Waals surface area contributed by atoms with Gasteiger partial charge in [0.25, 0.3) is 0 Å². The summed E-state index contributed by atoms with van der Waals surface area (Å²) in [6, 6.07) is 10.2. The fourth-order valence-corrected chi connectivity index (χ4v) is 5.28. The lowest BCUT2D eigenvalue weighted by Crippen LogP contribution is -2.36. The minimum absolute atomic E-state index is 0.0710. The summed E-state index contributed by atoms with van der Waals surface area (Å²) in [6.45, 7) is 3.74. The number of dihydropyridines is 1. The maximum absolute atomic E-state index is 14.0. The largest absolute Gasteiger partial charge is 0.493 e. The van der Waals surface area contributed by atoms with Gasteiger partial charge < -0.3 is 19.5 Å². The monoisotopic (exact) mass is 543 g/mol. The number of benzene rings is 2. The zero-order valence-electron chi connectivity index (χ0n) is 20.0. The van der Waals surface area contributed by atoms with Crippen LogP contribution in [-0.2, 0) is 14.3 Å². The Bertz CT molecular complexity index is 1250. The van der Waals surface area contributed by atoms with Crippen LogP contribution < -0.4 is 14.8 Å². The van der Waals surface area contributed by atoms with Crippen molar-refractivity contribution < 1.29 is 28.2 Å². The molecule has 0 saturated carbocycles. The van der Waals surface area contributed by atoms with Crippen molar-refractivity contribution in [3.05, 3.63) is 80.4 Å². The highest BCUT2D eigenvalue weighted by Gasteiger charge is 2.41. The zero-order valence-corrected chi connectivity index (χ0v) is 21.6. The van der Waals surface area contributed by atoms with Gasteiger partial charge in [-0.1, -0.05) is 12.1 Å². The SMILES string of the molecule is CCOC(=O)C1=C(C)NC2=C(C(=O)C[C@@H](c3ccc(OC)c(OC)c3)C2)[C@H]1c1ccc(F)c(Br)c1. The van der Waals surface area contributed by atoms with Crippen molar-refractivity contribution in [2.45, 2.75) is 38.5 Å². The number of ketones is 1. The number of nitrogens with one attached hydrogen (secondary N) is 1. The number of Topliss-reactive ketones (excluding diaryl/α,β-unsaturated/α-hetero) is 1. The van der Waals surface area contributed by atoms with Crippen LogP contribution in [-0.4, -0.2) is 32.6 Å². The number of esters is 1. The maximum atomic E-state index is 14.0. The molecule has 0 unspecified atom stereocenters. The van der Waals surface area contributed by atoms with Gasteiger partial charge in [-0.3, -0.25) is 4.79 Å². The van der Waals surface area contributed by atoms with Gasteiger partial charge in [0.1, 0.15) is 5.82 Å². The zero-order chi connectivity index (χ0) is 25.3. The summed E-state index contributed by atoms with van der Waals surface area (Å²) >= 11 is 3.24. The second kappa shape index (κ2) is 10.2. The quantitative estimate of drug-likeness (QED) is 0.483. The first-order valence-electron chi connectivity index (χ1n) is 11.4. The number of hydrogen-bond donors (Lipinski definition) is 1. The van der Waals surface area contributed by atoms with Gasteiger partial charge in [-0.25, -0.2) is 9.18 Å². The van der Waals surface area contributed by atoms with Crippen LogP contribution in [0.4, 0.5) is 4.39 Å². The molecule has 8 heteroatoms. The van der Waals surface area contributed by atoms with Crippen molar-refractivity contribution in [3.63, 3.8) is 0 Å². The fraction of sp³-hybridized carbons (Fsp3) is 0.333. The van der Waals surface area contributed by atoms with Crippen molar-refractivity contribution in [2.24, 2.45) is 0 Å². The Morgan fingerprint density at radius 1 is 1.09 bits per heavy atom. The second-order valence-electron chi connectivity index (χ2n) is 8.53. The number of carbonyl (C=O) groups is 2. The first-order valence-corrected chi connectivity index (χ1v) is 12.2. The third-order valence-electron chi connectivity index (χ3n) is 6.48. The molecule has 1 aliphatic heterocycles. The Morgan fingerprint density at radius 3 is 2.46 bits per heavy atom. The minimum atomic E-state index is -0.652. The molecule has 35 heavy (non-hydrogen) atoms. The normalized spacial score (nSPS) is 19.8. The van der Waals surface area contributed by atoms with E-state index in [1.54, 1.807) is 40.2 Å². The molecule has 0 radical (unpaired) electrons. The van der Waals surface area contributed by atoms with E-state index in [0.717, 1.165) is 11.3 Å². The number of carbonyl (C=O) groups excluding carboxylic acids is 2. The van der Waals surface area contributed by atoms with Crippen LogP contribution in [0.15, 0.2) is 63.4 Å². The van der Waals surface area contributed by atoms with Crippen LogP contribution >= 0.6 is 15.9 Å². The average molecular weight is 544 g/mol. The lowest BCUT2D eigenvalue weighted by atomic mass is 9.71. The molecule has 0 bridgehead atoms. The molecule has 6 nitrogen and oxygen atoms in total. The Kier molecular flexibility index (Phi) is 7.31. The van der Waals surface area contributed by atoms with Gasteiger partial charge in [-0.2, -0.15) is 0 Å². The number of hydrogen-bond acceptors (Lipinski definition) is 6. The summed E-state index contributed by atoms with van der Waals surface area (Å²) in [5.41, 5.74) is 3.87. The lowest BCUT2D eigenvalue weighted by molar-refractivity contribution is -0.138. The molecule has 1 N–H and O–H groups in total. The van der Waals surface area contributed by atoms with Crippen LogP contribution in [0.25, 0.3) is 0 Å². The van der Waals surface area contributed by atoms with Gasteiger partial charge in [0.15, 0.2) is 17.3 Å². The van der Waals surface area contributed by atoms with Crippen molar-refractivity contribution in [2.75, 3.05) is 20.8 Å². The Morgan fingerprint density at radius 2 is 1.80 bits per heavy atom. The molecule has 2 aromatic carbocycles. The minimum Gasteiger partial charge on any atom is -0.493 e. The van der Waals surface area contributed by atoms with E-state index in [4.69, 9.17) is 14.2 Å². The molecular weight excluding hydrogens is 517 g/mol. The van der Waals surface area contributed by atoms with E-state index in [-0.39, 0.29) is 29.2 Å². The Hall–Kier alpha value is -3.13. The summed E-state index contributed by atoms with van der Waals surface area (Å²) < 4.78 is 30.4. The fourth-order valence-electron chi connectivity index (χ4n) is 4.89. The summed E-state index contributed by atoms with van der Waals surface area (Å²) in [6.07, 6.45) is 0.840. The summed E-state index contributed by atoms with van der Waals surface area (Å²) in [5, 5.41) is 3.31. The van der Waals surface area contributed by atoms with Crippen LogP contribution in [0.5, 0.6) is 11.5 Å². The highest BCUT2D eigenvalue weighted by Crippen LogP contribution is 2.47. The molecule has 4 rings (SSSR count). The molecule has 2 aromatic rings. The van der Waals surface area contributed by atoms with Crippen LogP contribution in [0.3, 0.4) is 0 Å². The summed E-state index contributed by atoms with van der Waals surface area (Å²) in [4.78, 5) is 26.6. The molecule has 2 aliphatic rings. The molecule has 0 amide bonds. The topological polar surface area (TPSA) is 73.9 Å². The van der Waals surface area contributed by atoms with Gasteiger partial charge in [0.2, 0.25) is 0 Å². The van der Waals surface area contributed by atoms with E-state index in [9.17, 15) is 14.0 Å². The van der Waals surface area contributed by atoms with Crippen LogP contribution in [0.2, 0.25) is 0 Å².